The molecule has 0 saturated heterocycles. The molecule has 1 atom stereocenters. The summed E-state index contributed by atoms with van der Waals surface area (Å²) in [5.74, 6) is -1.31. The molecule has 7 heteroatoms. The average molecular weight is 247 g/mol. The van der Waals surface area contributed by atoms with E-state index in [9.17, 15) is 18.0 Å². The second kappa shape index (κ2) is 4.33. The maximum absolute atomic E-state index is 12.5. The van der Waals surface area contributed by atoms with Crippen molar-refractivity contribution in [3.05, 3.63) is 23.9 Å². The van der Waals surface area contributed by atoms with E-state index in [1.54, 1.807) is 13.0 Å². The summed E-state index contributed by atoms with van der Waals surface area (Å²) in [6.07, 6.45) is -3.44. The first-order valence-electron chi connectivity index (χ1n) is 4.74. The molecule has 1 aromatic heterocycles. The van der Waals surface area contributed by atoms with Crippen LogP contribution < -0.4 is 11.1 Å². The van der Waals surface area contributed by atoms with E-state index in [1.807, 2.05) is 5.32 Å². The third kappa shape index (κ3) is 2.94. The van der Waals surface area contributed by atoms with E-state index in [1.165, 1.54) is 12.3 Å². The summed E-state index contributed by atoms with van der Waals surface area (Å²) in [5.41, 5.74) is 2.78. The van der Waals surface area contributed by atoms with Gasteiger partial charge >= 0.3 is 6.18 Å². The smallest absolute Gasteiger partial charge is 0.310 e. The monoisotopic (exact) mass is 247 g/mol. The van der Waals surface area contributed by atoms with Crippen LogP contribution in [0.3, 0.4) is 0 Å². The van der Waals surface area contributed by atoms with E-state index in [-0.39, 0.29) is 5.82 Å². The van der Waals surface area contributed by atoms with Crippen LogP contribution in [-0.2, 0) is 4.79 Å². The lowest BCUT2D eigenvalue weighted by Gasteiger charge is -2.25. The van der Waals surface area contributed by atoms with Crippen molar-refractivity contribution in [1.29, 1.82) is 0 Å². The Hall–Kier alpha value is -1.63. The van der Waals surface area contributed by atoms with Gasteiger partial charge in [0.2, 0.25) is 0 Å². The molecule has 1 heterocycles. The van der Waals surface area contributed by atoms with Crippen LogP contribution >= 0.6 is 0 Å². The molecule has 94 valence electrons. The molecule has 1 unspecified atom stereocenters. The molecule has 1 amide bonds. The zero-order valence-corrected chi connectivity index (χ0v) is 9.30. The molecule has 0 saturated carbocycles. The number of aromatic nitrogens is 1. The number of carbonyl (C=O) groups excluding carboxylic acids is 1. The third-order valence-electron chi connectivity index (χ3n) is 2.22. The predicted molar refractivity (Wildman–Crippen MR) is 56.3 cm³/mol. The Morgan fingerprint density at radius 1 is 1.47 bits per heavy atom. The van der Waals surface area contributed by atoms with Crippen LogP contribution in [0.15, 0.2) is 18.3 Å². The fraction of sp³-hybridized carbons (Fsp3) is 0.400. The van der Waals surface area contributed by atoms with Crippen LogP contribution in [0.1, 0.15) is 12.5 Å². The van der Waals surface area contributed by atoms with E-state index in [0.29, 0.717) is 6.92 Å². The van der Waals surface area contributed by atoms with Gasteiger partial charge in [0, 0.05) is 6.20 Å². The molecule has 0 radical (unpaired) electrons. The molecule has 4 nitrogen and oxygen atoms in total. The Bertz CT molecular complexity index is 429. The molecule has 0 aliphatic rings. The lowest BCUT2D eigenvalue weighted by molar-refractivity contribution is -0.184. The molecular weight excluding hydrogens is 235 g/mol. The van der Waals surface area contributed by atoms with E-state index in [0.717, 1.165) is 5.56 Å². The summed E-state index contributed by atoms with van der Waals surface area (Å²) in [6, 6.07) is 3.10. The Morgan fingerprint density at radius 3 is 2.53 bits per heavy atom. The Kier molecular flexibility index (Phi) is 3.42. The average Bonchev–Trinajstić information content (AvgIpc) is 2.15. The lowest BCUT2D eigenvalue weighted by Crippen LogP contribution is -2.59. The number of pyridine rings is 1. The first-order chi connectivity index (χ1) is 7.64. The van der Waals surface area contributed by atoms with Crippen LogP contribution in [0.5, 0.6) is 0 Å². The van der Waals surface area contributed by atoms with Gasteiger partial charge < -0.3 is 11.1 Å². The number of anilines is 1. The van der Waals surface area contributed by atoms with Gasteiger partial charge in [-0.15, -0.1) is 0 Å². The summed E-state index contributed by atoms with van der Waals surface area (Å²) in [6.45, 7) is 2.33. The maximum Gasteiger partial charge on any atom is 0.415 e. The first kappa shape index (κ1) is 13.4. The standard InChI is InChI=1S/C10H12F3N3O/c1-6-3-4-15-7(5-6)16-8(17)9(2,14)10(11,12)13/h3-5H,14H2,1-2H3,(H,15,16,17). The predicted octanol–water partition coefficient (Wildman–Crippen LogP) is 1.61. The van der Waals surface area contributed by atoms with E-state index in [2.05, 4.69) is 4.98 Å². The van der Waals surface area contributed by atoms with Crippen molar-refractivity contribution < 1.29 is 18.0 Å². The van der Waals surface area contributed by atoms with Crippen LogP contribution in [-0.4, -0.2) is 22.6 Å². The van der Waals surface area contributed by atoms with Crippen LogP contribution in [0.4, 0.5) is 19.0 Å². The SMILES string of the molecule is Cc1ccnc(NC(=O)C(C)(N)C(F)(F)F)c1. The van der Waals surface area contributed by atoms with Crippen LogP contribution in [0.25, 0.3) is 0 Å². The number of nitrogens with one attached hydrogen (secondary N) is 1. The normalized spacial score (nSPS) is 15.2. The summed E-state index contributed by atoms with van der Waals surface area (Å²) in [7, 11) is 0. The number of nitrogens with two attached hydrogens (primary N) is 1. The van der Waals surface area contributed by atoms with Gasteiger partial charge in [-0.1, -0.05) is 0 Å². The van der Waals surface area contributed by atoms with Gasteiger partial charge in [0.25, 0.3) is 5.91 Å². The van der Waals surface area contributed by atoms with Gasteiger partial charge in [-0.3, -0.25) is 4.79 Å². The number of carbonyl (C=O) groups is 1. The number of amides is 1. The van der Waals surface area contributed by atoms with Gasteiger partial charge in [-0.2, -0.15) is 13.2 Å². The second-order valence-electron chi connectivity index (χ2n) is 3.87. The van der Waals surface area contributed by atoms with Crippen LogP contribution in [0.2, 0.25) is 0 Å². The molecule has 0 aromatic carbocycles. The molecule has 0 bridgehead atoms. The number of hydrogen-bond acceptors (Lipinski definition) is 3. The summed E-state index contributed by atoms with van der Waals surface area (Å²) in [4.78, 5) is 15.1. The fourth-order valence-electron chi connectivity index (χ4n) is 0.979. The highest BCUT2D eigenvalue weighted by Crippen LogP contribution is 2.28. The molecule has 0 aliphatic heterocycles. The lowest BCUT2D eigenvalue weighted by atomic mass is 10.0. The molecule has 0 spiro atoms. The maximum atomic E-state index is 12.5. The Balaban J connectivity index is 2.87. The topological polar surface area (TPSA) is 68.0 Å². The van der Waals surface area contributed by atoms with Crippen molar-refractivity contribution in [1.82, 2.24) is 4.98 Å². The highest BCUT2D eigenvalue weighted by molar-refractivity contribution is 5.97. The third-order valence-corrected chi connectivity index (χ3v) is 2.22. The number of aryl methyl sites for hydroxylation is 1. The first-order valence-corrected chi connectivity index (χ1v) is 4.74. The fourth-order valence-corrected chi connectivity index (χ4v) is 0.979. The quantitative estimate of drug-likeness (QED) is 0.834. The van der Waals surface area contributed by atoms with Crippen molar-refractivity contribution >= 4 is 11.7 Å². The molecule has 3 N–H and O–H groups in total. The number of halogens is 3. The molecule has 0 fully saturated rings. The van der Waals surface area contributed by atoms with E-state index in [4.69, 9.17) is 5.73 Å². The summed E-state index contributed by atoms with van der Waals surface area (Å²) >= 11 is 0. The Morgan fingerprint density at radius 2 is 2.06 bits per heavy atom. The minimum absolute atomic E-state index is 0.0379. The van der Waals surface area contributed by atoms with Crippen molar-refractivity contribution in [2.24, 2.45) is 5.73 Å². The Labute approximate surface area is 96.0 Å². The molecule has 1 rings (SSSR count). The zero-order valence-electron chi connectivity index (χ0n) is 9.30. The summed E-state index contributed by atoms with van der Waals surface area (Å²) in [5, 5.41) is 2.03. The molecule has 17 heavy (non-hydrogen) atoms. The van der Waals surface area contributed by atoms with Crippen molar-refractivity contribution in [3.8, 4) is 0 Å². The van der Waals surface area contributed by atoms with Gasteiger partial charge in [0.1, 0.15) is 5.82 Å². The number of rotatable bonds is 2. The van der Waals surface area contributed by atoms with Gasteiger partial charge in [0.05, 0.1) is 0 Å². The zero-order chi connectivity index (χ0) is 13.3. The highest BCUT2D eigenvalue weighted by atomic mass is 19.4. The largest absolute Gasteiger partial charge is 0.415 e. The van der Waals surface area contributed by atoms with Crippen molar-refractivity contribution in [2.45, 2.75) is 25.6 Å². The van der Waals surface area contributed by atoms with Crippen molar-refractivity contribution in [2.75, 3.05) is 5.32 Å². The highest BCUT2D eigenvalue weighted by Gasteiger charge is 2.54. The molecular formula is C10H12F3N3O. The van der Waals surface area contributed by atoms with Gasteiger partial charge in [0.15, 0.2) is 5.54 Å². The number of alkyl halides is 3. The van der Waals surface area contributed by atoms with Gasteiger partial charge in [-0.25, -0.2) is 4.98 Å². The summed E-state index contributed by atoms with van der Waals surface area (Å²) < 4.78 is 37.4. The molecule has 1 aromatic rings. The minimum Gasteiger partial charge on any atom is -0.310 e. The van der Waals surface area contributed by atoms with Gasteiger partial charge in [-0.05, 0) is 31.5 Å². The van der Waals surface area contributed by atoms with E-state index >= 15 is 0 Å². The van der Waals surface area contributed by atoms with E-state index < -0.39 is 17.6 Å². The van der Waals surface area contributed by atoms with Crippen LogP contribution in [0, 0.1) is 6.92 Å². The number of hydrogen-bond donors (Lipinski definition) is 2. The second-order valence-corrected chi connectivity index (χ2v) is 3.87. The molecule has 0 aliphatic carbocycles. The van der Waals surface area contributed by atoms with Crippen molar-refractivity contribution in [3.63, 3.8) is 0 Å². The minimum atomic E-state index is -4.82. The number of nitrogens with zero attached hydrogens (tertiary/aromatic N) is 1.